The Morgan fingerprint density at radius 3 is 2.82 bits per heavy atom. The maximum Gasteiger partial charge on any atom is 0.331 e. The van der Waals surface area contributed by atoms with Crippen molar-refractivity contribution in [3.8, 4) is 0 Å². The first-order valence-electron chi connectivity index (χ1n) is 9.32. The summed E-state index contributed by atoms with van der Waals surface area (Å²) in [6, 6.07) is 7.18. The van der Waals surface area contributed by atoms with Crippen molar-refractivity contribution >= 4 is 45.5 Å². The summed E-state index contributed by atoms with van der Waals surface area (Å²) in [5.74, 6) is -0.946. The number of benzene rings is 1. The molecule has 3 amide bonds. The number of hydrogen-bond donors (Lipinski definition) is 2. The SMILES string of the molecule is C[C@@H]1CCCC[C@H]1NC(=O)NC(=O)COC(=O)/C=C/c1nc2ccccc2s1. The molecular weight excluding hydrogens is 378 g/mol. The summed E-state index contributed by atoms with van der Waals surface area (Å²) in [5.41, 5.74) is 0.859. The number of hydrogen-bond acceptors (Lipinski definition) is 6. The highest BCUT2D eigenvalue weighted by Crippen LogP contribution is 2.23. The zero-order valence-electron chi connectivity index (χ0n) is 15.6. The number of para-hydroxylation sites is 1. The molecule has 2 aromatic rings. The smallest absolute Gasteiger partial charge is 0.331 e. The summed E-state index contributed by atoms with van der Waals surface area (Å²) >= 11 is 1.45. The number of nitrogens with zero attached hydrogens (tertiary/aromatic N) is 1. The molecule has 7 nitrogen and oxygen atoms in total. The molecule has 1 fully saturated rings. The van der Waals surface area contributed by atoms with Gasteiger partial charge in [0.15, 0.2) is 6.61 Å². The van der Waals surface area contributed by atoms with E-state index in [1.807, 2.05) is 24.3 Å². The fourth-order valence-corrected chi connectivity index (χ4v) is 4.05. The van der Waals surface area contributed by atoms with Crippen LogP contribution < -0.4 is 10.6 Å². The lowest BCUT2D eigenvalue weighted by Gasteiger charge is -2.29. The highest BCUT2D eigenvalue weighted by molar-refractivity contribution is 7.19. The van der Waals surface area contributed by atoms with Crippen LogP contribution in [0.2, 0.25) is 0 Å². The Hall–Kier alpha value is -2.74. The number of fused-ring (bicyclic) bond motifs is 1. The van der Waals surface area contributed by atoms with Crippen LogP contribution in [0.3, 0.4) is 0 Å². The Kier molecular flexibility index (Phi) is 6.76. The second kappa shape index (κ2) is 9.45. The van der Waals surface area contributed by atoms with Gasteiger partial charge in [-0.3, -0.25) is 10.1 Å². The molecule has 2 atom stereocenters. The number of nitrogens with one attached hydrogen (secondary N) is 2. The molecule has 0 unspecified atom stereocenters. The molecule has 3 rings (SSSR count). The van der Waals surface area contributed by atoms with Crippen molar-refractivity contribution in [2.75, 3.05) is 6.61 Å². The van der Waals surface area contributed by atoms with Crippen LogP contribution in [-0.4, -0.2) is 35.5 Å². The summed E-state index contributed by atoms with van der Waals surface area (Å²) in [6.07, 6.45) is 6.98. The van der Waals surface area contributed by atoms with Gasteiger partial charge in [0.2, 0.25) is 0 Å². The normalized spacial score (nSPS) is 19.5. The highest BCUT2D eigenvalue weighted by atomic mass is 32.1. The summed E-state index contributed by atoms with van der Waals surface area (Å²) < 4.78 is 5.89. The molecule has 2 N–H and O–H groups in total. The van der Waals surface area contributed by atoms with Crippen molar-refractivity contribution in [2.45, 2.75) is 38.6 Å². The molecule has 0 radical (unpaired) electrons. The van der Waals surface area contributed by atoms with E-state index in [0.29, 0.717) is 10.9 Å². The Morgan fingerprint density at radius 2 is 2.04 bits per heavy atom. The van der Waals surface area contributed by atoms with Crippen molar-refractivity contribution < 1.29 is 19.1 Å². The molecule has 0 bridgehead atoms. The fraction of sp³-hybridized carbons (Fsp3) is 0.400. The van der Waals surface area contributed by atoms with Crippen LogP contribution in [-0.2, 0) is 14.3 Å². The van der Waals surface area contributed by atoms with E-state index in [1.165, 1.54) is 23.8 Å². The monoisotopic (exact) mass is 401 g/mol. The van der Waals surface area contributed by atoms with Gasteiger partial charge in [0.25, 0.3) is 5.91 Å². The van der Waals surface area contributed by atoms with Gasteiger partial charge in [0, 0.05) is 12.1 Å². The molecule has 1 aromatic carbocycles. The molecule has 28 heavy (non-hydrogen) atoms. The maximum absolute atomic E-state index is 11.9. The van der Waals surface area contributed by atoms with Gasteiger partial charge < -0.3 is 10.1 Å². The van der Waals surface area contributed by atoms with E-state index in [2.05, 4.69) is 22.5 Å². The number of rotatable bonds is 5. The molecule has 148 valence electrons. The van der Waals surface area contributed by atoms with Gasteiger partial charge in [-0.05, 0) is 37.0 Å². The van der Waals surface area contributed by atoms with Crippen LogP contribution in [0.15, 0.2) is 30.3 Å². The lowest BCUT2D eigenvalue weighted by atomic mass is 9.86. The van der Waals surface area contributed by atoms with Gasteiger partial charge in [-0.2, -0.15) is 0 Å². The lowest BCUT2D eigenvalue weighted by molar-refractivity contribution is -0.143. The first-order valence-corrected chi connectivity index (χ1v) is 10.1. The maximum atomic E-state index is 11.9. The van der Waals surface area contributed by atoms with Crippen LogP contribution in [0.1, 0.15) is 37.6 Å². The Morgan fingerprint density at radius 1 is 1.25 bits per heavy atom. The van der Waals surface area contributed by atoms with E-state index in [0.717, 1.165) is 29.5 Å². The highest BCUT2D eigenvalue weighted by Gasteiger charge is 2.23. The van der Waals surface area contributed by atoms with Crippen molar-refractivity contribution in [2.24, 2.45) is 5.92 Å². The van der Waals surface area contributed by atoms with Crippen molar-refractivity contribution in [1.82, 2.24) is 15.6 Å². The summed E-state index contributed by atoms with van der Waals surface area (Å²) in [6.45, 7) is 1.57. The van der Waals surface area contributed by atoms with Crippen LogP contribution in [0.4, 0.5) is 4.79 Å². The fourth-order valence-electron chi connectivity index (χ4n) is 3.18. The number of amides is 3. The summed E-state index contributed by atoms with van der Waals surface area (Å²) in [5, 5.41) is 5.68. The van der Waals surface area contributed by atoms with E-state index in [9.17, 15) is 14.4 Å². The molecule has 1 aliphatic rings. The van der Waals surface area contributed by atoms with Crippen LogP contribution in [0.5, 0.6) is 0 Å². The van der Waals surface area contributed by atoms with Gasteiger partial charge in [-0.15, -0.1) is 11.3 Å². The van der Waals surface area contributed by atoms with E-state index in [-0.39, 0.29) is 6.04 Å². The van der Waals surface area contributed by atoms with Crippen LogP contribution in [0, 0.1) is 5.92 Å². The molecule has 1 aliphatic carbocycles. The Labute approximate surface area is 167 Å². The predicted molar refractivity (Wildman–Crippen MR) is 108 cm³/mol. The molecule has 1 saturated carbocycles. The number of urea groups is 1. The molecule has 1 aromatic heterocycles. The average molecular weight is 401 g/mol. The van der Waals surface area contributed by atoms with E-state index >= 15 is 0 Å². The van der Waals surface area contributed by atoms with Gasteiger partial charge >= 0.3 is 12.0 Å². The quantitative estimate of drug-likeness (QED) is 0.592. The standard InChI is InChI=1S/C20H23N3O4S/c1-13-6-2-3-7-14(13)22-20(26)23-17(24)12-27-19(25)11-10-18-21-15-8-4-5-9-16(15)28-18/h4-5,8-11,13-14H,2-3,6-7,12H2,1H3,(H2,22,23,24,26)/b11-10+/t13-,14-/m1/s1. The van der Waals surface area contributed by atoms with Gasteiger partial charge in [-0.1, -0.05) is 31.9 Å². The van der Waals surface area contributed by atoms with Crippen LogP contribution >= 0.6 is 11.3 Å². The summed E-state index contributed by atoms with van der Waals surface area (Å²) in [7, 11) is 0. The zero-order valence-corrected chi connectivity index (χ0v) is 16.5. The molecular formula is C20H23N3O4S. The third-order valence-corrected chi connectivity index (χ3v) is 5.70. The number of imide groups is 1. The van der Waals surface area contributed by atoms with Crippen molar-refractivity contribution in [3.05, 3.63) is 35.3 Å². The average Bonchev–Trinajstić information content (AvgIpc) is 3.09. The molecule has 1 heterocycles. The Balaban J connectivity index is 1.41. The first kappa shape index (κ1) is 20.0. The van der Waals surface area contributed by atoms with Gasteiger partial charge in [-0.25, -0.2) is 14.6 Å². The molecule has 0 spiro atoms. The molecule has 0 saturated heterocycles. The topological polar surface area (TPSA) is 97.4 Å². The minimum Gasteiger partial charge on any atom is -0.452 e. The minimum atomic E-state index is -0.671. The molecule has 8 heteroatoms. The van der Waals surface area contributed by atoms with E-state index < -0.39 is 24.5 Å². The van der Waals surface area contributed by atoms with E-state index in [1.54, 1.807) is 6.08 Å². The van der Waals surface area contributed by atoms with Gasteiger partial charge in [0.1, 0.15) is 5.01 Å². The van der Waals surface area contributed by atoms with E-state index in [4.69, 9.17) is 4.74 Å². The third-order valence-electron chi connectivity index (χ3n) is 4.70. The number of aromatic nitrogens is 1. The second-order valence-corrected chi connectivity index (χ2v) is 7.91. The number of thiazole rings is 1. The second-order valence-electron chi connectivity index (χ2n) is 6.85. The number of esters is 1. The predicted octanol–water partition coefficient (Wildman–Crippen LogP) is 3.26. The summed E-state index contributed by atoms with van der Waals surface area (Å²) in [4.78, 5) is 39.8. The Bertz CT molecular complexity index is 859. The lowest BCUT2D eigenvalue weighted by Crippen LogP contribution is -2.48. The zero-order chi connectivity index (χ0) is 19.9. The first-order chi connectivity index (χ1) is 13.5. The number of carbonyl (C=O) groups excluding carboxylic acids is 3. The number of ether oxygens (including phenoxy) is 1. The third kappa shape index (κ3) is 5.63. The van der Waals surface area contributed by atoms with Crippen molar-refractivity contribution in [1.29, 1.82) is 0 Å². The van der Waals surface area contributed by atoms with Crippen molar-refractivity contribution in [3.63, 3.8) is 0 Å². The van der Waals surface area contributed by atoms with Gasteiger partial charge in [0.05, 0.1) is 10.2 Å². The minimum absolute atomic E-state index is 0.0702. The van der Waals surface area contributed by atoms with Crippen LogP contribution in [0.25, 0.3) is 16.3 Å². The molecule has 0 aliphatic heterocycles. The number of carbonyl (C=O) groups is 3. The largest absolute Gasteiger partial charge is 0.452 e.